The van der Waals surface area contributed by atoms with Crippen molar-refractivity contribution < 1.29 is 27.6 Å². The summed E-state index contributed by atoms with van der Waals surface area (Å²) in [4.78, 5) is 11.3. The van der Waals surface area contributed by atoms with Gasteiger partial charge in [0.15, 0.2) is 6.20 Å². The summed E-state index contributed by atoms with van der Waals surface area (Å²) >= 11 is 4.79. The fourth-order valence-corrected chi connectivity index (χ4v) is 2.43. The number of hydrogen-bond acceptors (Lipinski definition) is 2. The van der Waals surface area contributed by atoms with Gasteiger partial charge in [-0.25, -0.2) is 4.79 Å². The van der Waals surface area contributed by atoms with Gasteiger partial charge in [0.05, 0.1) is 10.9 Å². The number of carboxylic acids is 1. The summed E-state index contributed by atoms with van der Waals surface area (Å²) in [6.07, 6.45) is -3.11. The smallest absolute Gasteiger partial charge is 0.416 e. The van der Waals surface area contributed by atoms with Crippen molar-refractivity contribution in [3.63, 3.8) is 0 Å². The Hall–Kier alpha value is -2.02. The topological polar surface area (TPSA) is 41.2 Å². The average molecular weight is 314 g/mol. The highest BCUT2D eigenvalue weighted by molar-refractivity contribution is 7.79. The number of rotatable bonds is 3. The van der Waals surface area contributed by atoms with E-state index in [4.69, 9.17) is 12.2 Å². The Morgan fingerprint density at radius 3 is 2.57 bits per heavy atom. The second kappa shape index (κ2) is 5.40. The van der Waals surface area contributed by atoms with Gasteiger partial charge in [0.2, 0.25) is 5.52 Å². The maximum absolute atomic E-state index is 12.8. The molecule has 1 aromatic heterocycles. The molecule has 0 saturated heterocycles. The van der Waals surface area contributed by atoms with Crippen LogP contribution in [0.25, 0.3) is 10.9 Å². The van der Waals surface area contributed by atoms with Crippen LogP contribution in [0.2, 0.25) is 0 Å². The minimum atomic E-state index is -4.50. The molecule has 0 bridgehead atoms. The summed E-state index contributed by atoms with van der Waals surface area (Å²) < 4.78 is 40.1. The number of aromatic nitrogens is 1. The van der Waals surface area contributed by atoms with Gasteiger partial charge in [0, 0.05) is 17.0 Å². The first-order valence-corrected chi connectivity index (χ1v) is 6.52. The van der Waals surface area contributed by atoms with Crippen molar-refractivity contribution in [3.05, 3.63) is 41.1 Å². The zero-order valence-corrected chi connectivity index (χ0v) is 11.8. The first-order chi connectivity index (χ1) is 9.79. The molecule has 1 aromatic carbocycles. The van der Waals surface area contributed by atoms with Crippen molar-refractivity contribution in [2.24, 2.45) is 0 Å². The maximum Gasteiger partial charge on any atom is 0.416 e. The van der Waals surface area contributed by atoms with Crippen LogP contribution in [0.1, 0.15) is 28.4 Å². The van der Waals surface area contributed by atoms with Crippen molar-refractivity contribution >= 4 is 34.5 Å². The Morgan fingerprint density at radius 1 is 1.43 bits per heavy atom. The number of pyridine rings is 1. The molecule has 21 heavy (non-hydrogen) atoms. The molecule has 2 aromatic rings. The summed E-state index contributed by atoms with van der Waals surface area (Å²) in [6.45, 7) is 2.21. The number of carbonyl (C=O) groups is 1. The van der Waals surface area contributed by atoms with Crippen LogP contribution in [0.5, 0.6) is 0 Å². The van der Waals surface area contributed by atoms with Crippen LogP contribution >= 0.6 is 12.2 Å². The number of halogens is 3. The predicted molar refractivity (Wildman–Crippen MR) is 74.5 cm³/mol. The first-order valence-electron chi connectivity index (χ1n) is 6.05. The zero-order valence-electron chi connectivity index (χ0n) is 10.9. The van der Waals surface area contributed by atoms with E-state index < -0.39 is 17.7 Å². The highest BCUT2D eigenvalue weighted by Gasteiger charge is 2.32. The van der Waals surface area contributed by atoms with E-state index in [1.54, 1.807) is 11.5 Å². The Balaban J connectivity index is 2.92. The van der Waals surface area contributed by atoms with Crippen LogP contribution < -0.4 is 4.57 Å². The van der Waals surface area contributed by atoms with Crippen LogP contribution in [0.15, 0.2) is 24.4 Å². The molecule has 2 rings (SSSR count). The molecular weight excluding hydrogens is 303 g/mol. The minimum absolute atomic E-state index is 0.112. The van der Waals surface area contributed by atoms with E-state index >= 15 is 0 Å². The molecule has 0 amide bonds. The number of carboxylic acid groups (broad SMARTS) is 1. The molecule has 0 saturated carbocycles. The third-order valence-electron chi connectivity index (χ3n) is 3.19. The van der Waals surface area contributed by atoms with Gasteiger partial charge in [-0.3, -0.25) is 0 Å². The molecule has 1 heterocycles. The zero-order chi connectivity index (χ0) is 15.8. The quantitative estimate of drug-likeness (QED) is 0.698. The molecule has 0 fully saturated rings. The number of alkyl halides is 3. The lowest BCUT2D eigenvalue weighted by atomic mass is 10.0. The molecule has 0 radical (unpaired) electrons. The second-order valence-electron chi connectivity index (χ2n) is 4.40. The van der Waals surface area contributed by atoms with Crippen LogP contribution in [-0.2, 0) is 12.7 Å². The Labute approximate surface area is 123 Å². The molecule has 0 unspecified atom stereocenters. The van der Waals surface area contributed by atoms with Crippen molar-refractivity contribution in [1.29, 1.82) is 0 Å². The molecule has 1 N–H and O–H groups in total. The Kier molecular flexibility index (Phi) is 3.95. The van der Waals surface area contributed by atoms with E-state index in [9.17, 15) is 23.1 Å². The SMILES string of the molecule is CC[n+]1cc(C(=O)O)c(C=S)c2cc(C(F)(F)F)ccc21. The molecule has 110 valence electrons. The third-order valence-corrected chi connectivity index (χ3v) is 3.42. The summed E-state index contributed by atoms with van der Waals surface area (Å²) in [5.41, 5.74) is -0.327. The summed E-state index contributed by atoms with van der Waals surface area (Å²) in [7, 11) is 0. The number of fused-ring (bicyclic) bond motifs is 1. The third kappa shape index (κ3) is 2.73. The summed E-state index contributed by atoms with van der Waals surface area (Å²) in [5.74, 6) is -1.23. The lowest BCUT2D eigenvalue weighted by molar-refractivity contribution is -0.667. The number of thiocarbonyl (C=S) groups is 1. The normalized spacial score (nSPS) is 11.6. The van der Waals surface area contributed by atoms with Gasteiger partial charge in [-0.1, -0.05) is 12.2 Å². The lowest BCUT2D eigenvalue weighted by Gasteiger charge is -2.10. The molecule has 0 aliphatic carbocycles. The molecule has 7 heteroatoms. The van der Waals surface area contributed by atoms with Gasteiger partial charge in [-0.2, -0.15) is 17.7 Å². The predicted octanol–water partition coefficient (Wildman–Crippen LogP) is 3.21. The minimum Gasteiger partial charge on any atom is -0.477 e. The lowest BCUT2D eigenvalue weighted by Crippen LogP contribution is -2.35. The van der Waals surface area contributed by atoms with Crippen LogP contribution in [0.3, 0.4) is 0 Å². The maximum atomic E-state index is 12.8. The van der Waals surface area contributed by atoms with E-state index in [2.05, 4.69) is 0 Å². The highest BCUT2D eigenvalue weighted by Crippen LogP contribution is 2.32. The second-order valence-corrected chi connectivity index (χ2v) is 4.63. The van der Waals surface area contributed by atoms with E-state index in [0.29, 0.717) is 12.1 Å². The van der Waals surface area contributed by atoms with Crippen molar-refractivity contribution in [2.75, 3.05) is 0 Å². The van der Waals surface area contributed by atoms with Gasteiger partial charge in [0.1, 0.15) is 12.1 Å². The molecule has 0 aliphatic rings. The van der Waals surface area contributed by atoms with Gasteiger partial charge >= 0.3 is 12.1 Å². The van der Waals surface area contributed by atoms with Gasteiger partial charge in [0.25, 0.3) is 0 Å². The van der Waals surface area contributed by atoms with Crippen molar-refractivity contribution in [2.45, 2.75) is 19.6 Å². The summed E-state index contributed by atoms with van der Waals surface area (Å²) in [6, 6.07) is 3.24. The van der Waals surface area contributed by atoms with Crippen molar-refractivity contribution in [3.8, 4) is 0 Å². The number of aromatic carboxylic acids is 1. The van der Waals surface area contributed by atoms with Crippen molar-refractivity contribution in [1.82, 2.24) is 0 Å². The van der Waals surface area contributed by atoms with E-state index in [0.717, 1.165) is 17.5 Å². The Morgan fingerprint density at radius 2 is 2.10 bits per heavy atom. The first kappa shape index (κ1) is 15.4. The van der Waals surface area contributed by atoms with E-state index in [-0.39, 0.29) is 16.5 Å². The number of nitrogens with zero attached hydrogens (tertiary/aromatic N) is 1. The largest absolute Gasteiger partial charge is 0.477 e. The number of benzene rings is 1. The molecule has 0 atom stereocenters. The highest BCUT2D eigenvalue weighted by atomic mass is 32.1. The van der Waals surface area contributed by atoms with Gasteiger partial charge in [-0.15, -0.1) is 0 Å². The van der Waals surface area contributed by atoms with Gasteiger partial charge in [-0.05, 0) is 19.1 Å². The molecule has 3 nitrogen and oxygen atoms in total. The Bertz CT molecular complexity index is 741. The molecule has 0 spiro atoms. The fourth-order valence-electron chi connectivity index (χ4n) is 2.18. The van der Waals surface area contributed by atoms with Crippen LogP contribution in [0.4, 0.5) is 13.2 Å². The van der Waals surface area contributed by atoms with E-state index in [1.165, 1.54) is 12.3 Å². The number of hydrogen-bond donors (Lipinski definition) is 1. The number of aryl methyl sites for hydroxylation is 1. The van der Waals surface area contributed by atoms with Gasteiger partial charge < -0.3 is 5.11 Å². The molecular formula is C14H11F3NO2S+. The summed E-state index contributed by atoms with van der Waals surface area (Å²) in [5, 5.41) is 10.5. The van der Waals surface area contributed by atoms with Crippen LogP contribution in [-0.4, -0.2) is 16.4 Å². The molecule has 0 aliphatic heterocycles. The standard InChI is InChI=1S/C14H10F3NO2S/c1-2-18-6-10(13(19)20)11(7-21)9-5-8(14(15,16)17)3-4-12(9)18/h3-7H,2H2,1H3/p+1. The average Bonchev–Trinajstić information content (AvgIpc) is 2.43. The monoisotopic (exact) mass is 314 g/mol. The van der Waals surface area contributed by atoms with E-state index in [1.807, 2.05) is 0 Å². The van der Waals surface area contributed by atoms with Crippen LogP contribution in [0, 0.1) is 0 Å². The fraction of sp³-hybridized carbons (Fsp3) is 0.214.